The highest BCUT2D eigenvalue weighted by Gasteiger charge is 2.44. The summed E-state index contributed by atoms with van der Waals surface area (Å²) in [6.07, 6.45) is 4.30. The van der Waals surface area contributed by atoms with Gasteiger partial charge in [0.05, 0.1) is 12.7 Å². The summed E-state index contributed by atoms with van der Waals surface area (Å²) < 4.78 is 5.65. The van der Waals surface area contributed by atoms with Crippen LogP contribution >= 0.6 is 0 Å². The Bertz CT molecular complexity index is 268. The van der Waals surface area contributed by atoms with Gasteiger partial charge in [-0.05, 0) is 40.2 Å². The molecule has 1 saturated carbocycles. The van der Waals surface area contributed by atoms with Crippen molar-refractivity contribution in [1.82, 2.24) is 9.80 Å². The Morgan fingerprint density at radius 1 is 1.44 bits per heavy atom. The van der Waals surface area contributed by atoms with Crippen LogP contribution < -0.4 is 5.73 Å². The van der Waals surface area contributed by atoms with Gasteiger partial charge in [-0.25, -0.2) is 0 Å². The van der Waals surface area contributed by atoms with Crippen molar-refractivity contribution in [3.63, 3.8) is 0 Å². The Hall–Kier alpha value is -0.160. The van der Waals surface area contributed by atoms with Gasteiger partial charge in [0.25, 0.3) is 0 Å². The number of nitrogens with zero attached hydrogens (tertiary/aromatic N) is 2. The van der Waals surface area contributed by atoms with Crippen LogP contribution in [0.15, 0.2) is 0 Å². The van der Waals surface area contributed by atoms with E-state index in [1.54, 1.807) is 0 Å². The van der Waals surface area contributed by atoms with Gasteiger partial charge in [0, 0.05) is 37.8 Å². The molecule has 2 aliphatic rings. The molecule has 1 heterocycles. The zero-order valence-electron chi connectivity index (χ0n) is 12.2. The quantitative estimate of drug-likeness (QED) is 0.734. The van der Waals surface area contributed by atoms with E-state index in [1.807, 2.05) is 0 Å². The van der Waals surface area contributed by atoms with Gasteiger partial charge in [-0.1, -0.05) is 0 Å². The second-order valence-corrected chi connectivity index (χ2v) is 6.22. The molecule has 1 atom stereocenters. The van der Waals surface area contributed by atoms with E-state index in [9.17, 15) is 0 Å². The minimum atomic E-state index is 0.183. The summed E-state index contributed by atoms with van der Waals surface area (Å²) in [5.41, 5.74) is 6.26. The van der Waals surface area contributed by atoms with Crippen LogP contribution in [0.1, 0.15) is 33.1 Å². The molecule has 2 rings (SSSR count). The zero-order chi connectivity index (χ0) is 13.2. The molecule has 0 aromatic carbocycles. The van der Waals surface area contributed by atoms with E-state index in [0.717, 1.165) is 32.3 Å². The van der Waals surface area contributed by atoms with E-state index in [2.05, 4.69) is 30.7 Å². The van der Waals surface area contributed by atoms with Crippen molar-refractivity contribution >= 4 is 0 Å². The Morgan fingerprint density at radius 3 is 2.72 bits per heavy atom. The lowest BCUT2D eigenvalue weighted by molar-refractivity contribution is 0.0367. The lowest BCUT2D eigenvalue weighted by Gasteiger charge is -2.38. The van der Waals surface area contributed by atoms with Gasteiger partial charge in [-0.3, -0.25) is 9.80 Å². The third-order valence-corrected chi connectivity index (χ3v) is 4.49. The maximum absolute atomic E-state index is 6.07. The smallest absolute Gasteiger partial charge is 0.0597 e. The molecule has 1 unspecified atom stereocenters. The molecule has 2 N–H and O–H groups in total. The molecule has 4 heteroatoms. The molecule has 1 aliphatic heterocycles. The van der Waals surface area contributed by atoms with E-state index in [4.69, 9.17) is 10.5 Å². The molecule has 2 fully saturated rings. The average Bonchev–Trinajstić information content (AvgIpc) is 3.09. The zero-order valence-corrected chi connectivity index (χ0v) is 12.2. The fraction of sp³-hybridized carbons (Fsp3) is 1.00. The van der Waals surface area contributed by atoms with Crippen LogP contribution in [-0.2, 0) is 4.74 Å². The first-order valence-corrected chi connectivity index (χ1v) is 7.34. The second kappa shape index (κ2) is 5.87. The molecule has 0 aromatic heterocycles. The summed E-state index contributed by atoms with van der Waals surface area (Å²) in [5, 5.41) is 0. The molecule has 0 bridgehead atoms. The first-order valence-electron chi connectivity index (χ1n) is 7.34. The van der Waals surface area contributed by atoms with E-state index in [0.29, 0.717) is 6.10 Å². The van der Waals surface area contributed by atoms with Crippen molar-refractivity contribution in [2.45, 2.75) is 50.8 Å². The number of hydrogen-bond donors (Lipinski definition) is 1. The molecule has 106 valence electrons. The molecule has 0 radical (unpaired) electrons. The minimum absolute atomic E-state index is 0.183. The minimum Gasteiger partial charge on any atom is -0.377 e. The van der Waals surface area contributed by atoms with Crippen molar-refractivity contribution in [2.75, 3.05) is 39.8 Å². The number of likely N-dealkylation sites (tertiary alicyclic amines) is 1. The van der Waals surface area contributed by atoms with Crippen molar-refractivity contribution in [3.05, 3.63) is 0 Å². The second-order valence-electron chi connectivity index (χ2n) is 6.22. The highest BCUT2D eigenvalue weighted by molar-refractivity contribution is 5.02. The number of hydrogen-bond acceptors (Lipinski definition) is 4. The molecule has 18 heavy (non-hydrogen) atoms. The van der Waals surface area contributed by atoms with Crippen molar-refractivity contribution < 1.29 is 4.74 Å². The number of likely N-dealkylation sites (N-methyl/N-ethyl adjacent to an activating group) is 1. The van der Waals surface area contributed by atoms with Crippen molar-refractivity contribution in [2.24, 2.45) is 5.73 Å². The number of ether oxygens (including phenoxy) is 1. The largest absolute Gasteiger partial charge is 0.377 e. The van der Waals surface area contributed by atoms with Crippen LogP contribution in [-0.4, -0.2) is 67.3 Å². The summed E-state index contributed by atoms with van der Waals surface area (Å²) in [5.74, 6) is 0. The van der Waals surface area contributed by atoms with Gasteiger partial charge in [-0.2, -0.15) is 0 Å². The Kier molecular flexibility index (Phi) is 4.64. The molecular weight excluding hydrogens is 226 g/mol. The first kappa shape index (κ1) is 14.3. The fourth-order valence-electron chi connectivity index (χ4n) is 2.94. The Balaban J connectivity index is 1.82. The van der Waals surface area contributed by atoms with E-state index in [1.165, 1.54) is 25.8 Å². The third kappa shape index (κ3) is 3.23. The maximum Gasteiger partial charge on any atom is 0.0597 e. The monoisotopic (exact) mass is 255 g/mol. The Labute approximate surface area is 111 Å². The summed E-state index contributed by atoms with van der Waals surface area (Å²) in [6.45, 7) is 9.08. The van der Waals surface area contributed by atoms with E-state index in [-0.39, 0.29) is 5.54 Å². The van der Waals surface area contributed by atoms with Crippen LogP contribution in [0.4, 0.5) is 0 Å². The Morgan fingerprint density at radius 2 is 2.17 bits per heavy atom. The van der Waals surface area contributed by atoms with E-state index < -0.39 is 0 Å². The molecule has 0 spiro atoms. The van der Waals surface area contributed by atoms with Crippen LogP contribution in [0.5, 0.6) is 0 Å². The lowest BCUT2D eigenvalue weighted by Crippen LogP contribution is -2.55. The predicted molar refractivity (Wildman–Crippen MR) is 74.7 cm³/mol. The van der Waals surface area contributed by atoms with Crippen LogP contribution in [0.3, 0.4) is 0 Å². The highest BCUT2D eigenvalue weighted by atomic mass is 16.5. The molecule has 4 nitrogen and oxygen atoms in total. The van der Waals surface area contributed by atoms with Crippen LogP contribution in [0, 0.1) is 0 Å². The van der Waals surface area contributed by atoms with Crippen LogP contribution in [0.2, 0.25) is 0 Å². The number of rotatable bonds is 7. The van der Waals surface area contributed by atoms with Gasteiger partial charge >= 0.3 is 0 Å². The predicted octanol–water partition coefficient (Wildman–Crippen LogP) is 0.909. The van der Waals surface area contributed by atoms with Crippen molar-refractivity contribution in [3.8, 4) is 0 Å². The topological polar surface area (TPSA) is 41.7 Å². The normalized spacial score (nSPS) is 29.7. The number of nitrogens with two attached hydrogens (primary N) is 1. The molecule has 1 aliphatic carbocycles. The van der Waals surface area contributed by atoms with Crippen molar-refractivity contribution in [1.29, 1.82) is 0 Å². The third-order valence-electron chi connectivity index (χ3n) is 4.49. The molecule has 0 aromatic rings. The van der Waals surface area contributed by atoms with Gasteiger partial charge in [0.2, 0.25) is 0 Å². The van der Waals surface area contributed by atoms with Gasteiger partial charge in [0.1, 0.15) is 0 Å². The molecule has 0 amide bonds. The standard InChI is InChI=1S/C14H29N3O/c1-12(2)18-9-8-16(3)14(10-15)6-7-17(11-14)13-4-5-13/h12-13H,4-11,15H2,1-3H3. The maximum atomic E-state index is 6.07. The first-order chi connectivity index (χ1) is 8.57. The highest BCUT2D eigenvalue weighted by Crippen LogP contribution is 2.35. The van der Waals surface area contributed by atoms with Crippen LogP contribution in [0.25, 0.3) is 0 Å². The average molecular weight is 255 g/mol. The molecular formula is C14H29N3O. The van der Waals surface area contributed by atoms with Gasteiger partial charge in [0.15, 0.2) is 0 Å². The summed E-state index contributed by atoms with van der Waals surface area (Å²) in [4.78, 5) is 5.06. The van der Waals surface area contributed by atoms with E-state index >= 15 is 0 Å². The SMILES string of the molecule is CC(C)OCCN(C)C1(CN)CCN(C2CC2)C1. The van der Waals surface area contributed by atoms with Gasteiger partial charge in [-0.15, -0.1) is 0 Å². The summed E-state index contributed by atoms with van der Waals surface area (Å²) in [7, 11) is 2.20. The summed E-state index contributed by atoms with van der Waals surface area (Å²) in [6, 6.07) is 0.860. The van der Waals surface area contributed by atoms with Gasteiger partial charge < -0.3 is 10.5 Å². The lowest BCUT2D eigenvalue weighted by atomic mass is 9.97. The summed E-state index contributed by atoms with van der Waals surface area (Å²) >= 11 is 0. The molecule has 1 saturated heterocycles. The fourth-order valence-corrected chi connectivity index (χ4v) is 2.94.